The highest BCUT2D eigenvalue weighted by Gasteiger charge is 2.28. The summed E-state index contributed by atoms with van der Waals surface area (Å²) in [7, 11) is 0. The lowest BCUT2D eigenvalue weighted by Crippen LogP contribution is -2.23. The summed E-state index contributed by atoms with van der Waals surface area (Å²) in [6, 6.07) is 15.1. The Labute approximate surface area is 178 Å². The molecule has 4 aromatic rings. The quantitative estimate of drug-likeness (QED) is 0.469. The molecule has 8 heteroatoms. The number of para-hydroxylation sites is 2. The second-order valence-electron chi connectivity index (χ2n) is 6.87. The Balaban J connectivity index is 1.98. The molecule has 0 bridgehead atoms. The molecule has 0 aliphatic rings. The van der Waals surface area contributed by atoms with E-state index < -0.39 is 5.82 Å². The monoisotopic (exact) mass is 417 g/mol. The van der Waals surface area contributed by atoms with Crippen molar-refractivity contribution in [3.63, 3.8) is 0 Å². The van der Waals surface area contributed by atoms with Crippen molar-refractivity contribution in [2.75, 3.05) is 10.6 Å². The van der Waals surface area contributed by atoms with Gasteiger partial charge in [-0.1, -0.05) is 17.3 Å². The van der Waals surface area contributed by atoms with Gasteiger partial charge in [0, 0.05) is 37.0 Å². The molecule has 4 rings (SSSR count). The number of nitrogen functional groups attached to an aromatic ring is 1. The standard InChI is InChI=1S/C23H20FN5O2/c1-14(30)29(20-5-3-2-4-19(20)26)23-21(15-8-10-27-11-9-15)22(28-31-23)16-6-7-18(24)17(12-16)13-25/h2-12H,13,25-26H2,1H3. The van der Waals surface area contributed by atoms with Crippen molar-refractivity contribution in [1.29, 1.82) is 0 Å². The van der Waals surface area contributed by atoms with E-state index in [2.05, 4.69) is 10.1 Å². The van der Waals surface area contributed by atoms with Gasteiger partial charge in [0.2, 0.25) is 11.8 Å². The van der Waals surface area contributed by atoms with Crippen LogP contribution in [0, 0.1) is 5.82 Å². The van der Waals surface area contributed by atoms with Crippen LogP contribution in [0.5, 0.6) is 0 Å². The number of pyridine rings is 1. The van der Waals surface area contributed by atoms with Gasteiger partial charge in [-0.15, -0.1) is 0 Å². The first kappa shape index (κ1) is 20.2. The van der Waals surface area contributed by atoms with E-state index in [0.29, 0.717) is 33.8 Å². The molecule has 1 amide bonds. The first-order chi connectivity index (χ1) is 15.0. The van der Waals surface area contributed by atoms with Gasteiger partial charge in [0.1, 0.15) is 11.5 Å². The van der Waals surface area contributed by atoms with Crippen molar-refractivity contribution in [2.45, 2.75) is 13.5 Å². The van der Waals surface area contributed by atoms with Gasteiger partial charge < -0.3 is 16.0 Å². The van der Waals surface area contributed by atoms with Crippen LogP contribution in [0.2, 0.25) is 0 Å². The number of aromatic nitrogens is 2. The highest BCUT2D eigenvalue weighted by Crippen LogP contribution is 2.43. The summed E-state index contributed by atoms with van der Waals surface area (Å²) in [6.45, 7) is 1.45. The second-order valence-corrected chi connectivity index (χ2v) is 6.87. The predicted octanol–water partition coefficient (Wildman–Crippen LogP) is 4.27. The van der Waals surface area contributed by atoms with Crippen molar-refractivity contribution < 1.29 is 13.7 Å². The molecule has 0 spiro atoms. The molecule has 2 heterocycles. The van der Waals surface area contributed by atoms with E-state index >= 15 is 0 Å². The number of hydrogen-bond donors (Lipinski definition) is 2. The summed E-state index contributed by atoms with van der Waals surface area (Å²) in [5, 5.41) is 4.23. The van der Waals surface area contributed by atoms with Crippen LogP contribution < -0.4 is 16.4 Å². The van der Waals surface area contributed by atoms with Crippen molar-refractivity contribution in [3.05, 3.63) is 78.4 Å². The van der Waals surface area contributed by atoms with Gasteiger partial charge in [-0.2, -0.15) is 0 Å². The smallest absolute Gasteiger partial charge is 0.247 e. The summed E-state index contributed by atoms with van der Waals surface area (Å²) < 4.78 is 19.7. The van der Waals surface area contributed by atoms with Gasteiger partial charge >= 0.3 is 0 Å². The van der Waals surface area contributed by atoms with Gasteiger partial charge in [-0.3, -0.25) is 9.78 Å². The zero-order chi connectivity index (χ0) is 22.0. The molecule has 0 unspecified atom stereocenters. The summed E-state index contributed by atoms with van der Waals surface area (Å²) >= 11 is 0. The SMILES string of the molecule is CC(=O)N(c1ccccc1N)c1onc(-c2ccc(F)c(CN)c2)c1-c1ccncc1. The van der Waals surface area contributed by atoms with Crippen LogP contribution in [0.15, 0.2) is 71.5 Å². The first-order valence-corrected chi connectivity index (χ1v) is 9.55. The average molecular weight is 417 g/mol. The van der Waals surface area contributed by atoms with Crippen molar-refractivity contribution >= 4 is 23.2 Å². The normalized spacial score (nSPS) is 10.8. The Bertz CT molecular complexity index is 1240. The number of carbonyl (C=O) groups excluding carboxylic acids is 1. The van der Waals surface area contributed by atoms with Gasteiger partial charge in [-0.25, -0.2) is 9.29 Å². The maximum Gasteiger partial charge on any atom is 0.247 e. The third-order valence-corrected chi connectivity index (χ3v) is 4.88. The van der Waals surface area contributed by atoms with Crippen LogP contribution in [-0.4, -0.2) is 16.0 Å². The minimum atomic E-state index is -0.400. The Morgan fingerprint density at radius 1 is 1.10 bits per heavy atom. The molecule has 0 saturated carbocycles. The van der Waals surface area contributed by atoms with Crippen molar-refractivity contribution in [1.82, 2.24) is 10.1 Å². The topological polar surface area (TPSA) is 111 Å². The molecule has 0 saturated heterocycles. The highest BCUT2D eigenvalue weighted by molar-refractivity contribution is 6.05. The zero-order valence-electron chi connectivity index (χ0n) is 16.7. The van der Waals surface area contributed by atoms with Gasteiger partial charge in [-0.05, 0) is 48.0 Å². The number of rotatable bonds is 5. The van der Waals surface area contributed by atoms with Crippen molar-refractivity contribution in [3.8, 4) is 22.4 Å². The maximum absolute atomic E-state index is 14.0. The van der Waals surface area contributed by atoms with Crippen LogP contribution in [0.4, 0.5) is 21.6 Å². The van der Waals surface area contributed by atoms with E-state index in [1.807, 2.05) is 0 Å². The number of halogens is 1. The summed E-state index contributed by atoms with van der Waals surface area (Å²) in [5.74, 6) is -0.509. The Kier molecular flexibility index (Phi) is 5.46. The van der Waals surface area contributed by atoms with E-state index in [1.165, 1.54) is 17.9 Å². The Morgan fingerprint density at radius 2 is 1.84 bits per heavy atom. The molecule has 0 fully saturated rings. The van der Waals surface area contributed by atoms with E-state index in [0.717, 1.165) is 5.56 Å². The lowest BCUT2D eigenvalue weighted by atomic mass is 9.99. The third kappa shape index (κ3) is 3.76. The van der Waals surface area contributed by atoms with Crippen LogP contribution in [-0.2, 0) is 11.3 Å². The van der Waals surface area contributed by atoms with Crippen LogP contribution >= 0.6 is 0 Å². The van der Waals surface area contributed by atoms with E-state index in [9.17, 15) is 9.18 Å². The minimum absolute atomic E-state index is 0.0368. The lowest BCUT2D eigenvalue weighted by Gasteiger charge is -2.21. The molecular weight excluding hydrogens is 397 g/mol. The van der Waals surface area contributed by atoms with Crippen LogP contribution in [0.25, 0.3) is 22.4 Å². The fourth-order valence-corrected chi connectivity index (χ4v) is 3.40. The number of nitrogens with zero attached hydrogens (tertiary/aromatic N) is 3. The molecule has 31 heavy (non-hydrogen) atoms. The predicted molar refractivity (Wildman–Crippen MR) is 117 cm³/mol. The van der Waals surface area contributed by atoms with Gasteiger partial charge in [0.25, 0.3) is 0 Å². The van der Waals surface area contributed by atoms with Gasteiger partial charge in [0.15, 0.2) is 0 Å². The molecule has 0 aliphatic heterocycles. The second kappa shape index (κ2) is 8.37. The van der Waals surface area contributed by atoms with Crippen LogP contribution in [0.1, 0.15) is 12.5 Å². The summed E-state index contributed by atoms with van der Waals surface area (Å²) in [6.07, 6.45) is 3.25. The third-order valence-electron chi connectivity index (χ3n) is 4.88. The fraction of sp³-hybridized carbons (Fsp3) is 0.0870. The van der Waals surface area contributed by atoms with E-state index in [1.54, 1.807) is 60.9 Å². The maximum atomic E-state index is 14.0. The van der Waals surface area contributed by atoms with E-state index in [-0.39, 0.29) is 18.3 Å². The molecule has 0 radical (unpaired) electrons. The zero-order valence-corrected chi connectivity index (χ0v) is 16.7. The largest absolute Gasteiger partial charge is 0.397 e. The lowest BCUT2D eigenvalue weighted by molar-refractivity contribution is -0.116. The molecule has 156 valence electrons. The summed E-state index contributed by atoms with van der Waals surface area (Å²) in [5.41, 5.74) is 15.3. The van der Waals surface area contributed by atoms with Gasteiger partial charge in [0.05, 0.1) is 16.9 Å². The molecule has 2 aromatic heterocycles. The Hall–Kier alpha value is -4.04. The highest BCUT2D eigenvalue weighted by atomic mass is 19.1. The number of anilines is 3. The molecule has 0 aliphatic carbocycles. The number of carbonyl (C=O) groups is 1. The number of nitrogens with two attached hydrogens (primary N) is 2. The molecule has 0 atom stereocenters. The molecule has 4 N–H and O–H groups in total. The van der Waals surface area contributed by atoms with E-state index in [4.69, 9.17) is 16.0 Å². The average Bonchev–Trinajstić information content (AvgIpc) is 3.20. The number of benzene rings is 2. The van der Waals surface area contributed by atoms with Crippen LogP contribution in [0.3, 0.4) is 0 Å². The molecule has 7 nitrogen and oxygen atoms in total. The first-order valence-electron chi connectivity index (χ1n) is 9.55. The number of hydrogen-bond acceptors (Lipinski definition) is 6. The Morgan fingerprint density at radius 3 is 2.52 bits per heavy atom. The molecular formula is C23H20FN5O2. The molecule has 2 aromatic carbocycles. The minimum Gasteiger partial charge on any atom is -0.397 e. The fourth-order valence-electron chi connectivity index (χ4n) is 3.40. The van der Waals surface area contributed by atoms with Crippen molar-refractivity contribution in [2.24, 2.45) is 5.73 Å². The number of amides is 1. The summed E-state index contributed by atoms with van der Waals surface area (Å²) in [4.78, 5) is 18.1.